The molecular weight excluding hydrogens is 326 g/mol. The van der Waals surface area contributed by atoms with Crippen molar-refractivity contribution in [1.29, 1.82) is 0 Å². The third kappa shape index (κ3) is 5.18. The first-order chi connectivity index (χ1) is 12.0. The number of carbonyl (C=O) groups excluding carboxylic acids is 3. The SMILES string of the molecule is COc1ccc(CN2C(=O)N[C@@H](CCC(=O)NCCCO)C2=O)cc1. The first-order valence-electron chi connectivity index (χ1n) is 8.17. The van der Waals surface area contributed by atoms with Crippen LogP contribution in [0.1, 0.15) is 24.8 Å². The van der Waals surface area contributed by atoms with Crippen LogP contribution in [0.4, 0.5) is 4.79 Å². The number of aliphatic hydroxyl groups is 1. The smallest absolute Gasteiger partial charge is 0.325 e. The second-order valence-electron chi connectivity index (χ2n) is 5.74. The van der Waals surface area contributed by atoms with Gasteiger partial charge in [-0.1, -0.05) is 12.1 Å². The zero-order chi connectivity index (χ0) is 18.2. The molecule has 0 aliphatic carbocycles. The average Bonchev–Trinajstić information content (AvgIpc) is 2.88. The van der Waals surface area contributed by atoms with E-state index in [9.17, 15) is 14.4 Å². The number of carbonyl (C=O) groups is 3. The van der Waals surface area contributed by atoms with Gasteiger partial charge >= 0.3 is 6.03 Å². The van der Waals surface area contributed by atoms with Crippen molar-refractivity contribution in [3.05, 3.63) is 29.8 Å². The number of methoxy groups -OCH3 is 1. The van der Waals surface area contributed by atoms with Crippen LogP contribution < -0.4 is 15.4 Å². The van der Waals surface area contributed by atoms with E-state index in [1.54, 1.807) is 31.4 Å². The molecule has 25 heavy (non-hydrogen) atoms. The van der Waals surface area contributed by atoms with Crippen LogP contribution in [0.3, 0.4) is 0 Å². The maximum absolute atomic E-state index is 12.4. The molecule has 3 N–H and O–H groups in total. The third-order valence-electron chi connectivity index (χ3n) is 3.92. The van der Waals surface area contributed by atoms with Crippen LogP contribution >= 0.6 is 0 Å². The number of imide groups is 1. The minimum atomic E-state index is -0.686. The molecule has 0 bridgehead atoms. The molecule has 8 heteroatoms. The van der Waals surface area contributed by atoms with E-state index < -0.39 is 12.1 Å². The second-order valence-corrected chi connectivity index (χ2v) is 5.74. The topological polar surface area (TPSA) is 108 Å². The molecule has 1 saturated heterocycles. The van der Waals surface area contributed by atoms with Crippen molar-refractivity contribution in [3.8, 4) is 5.75 Å². The minimum absolute atomic E-state index is 0.0117. The van der Waals surface area contributed by atoms with Crippen molar-refractivity contribution in [3.63, 3.8) is 0 Å². The van der Waals surface area contributed by atoms with E-state index in [0.717, 1.165) is 10.5 Å². The highest BCUT2D eigenvalue weighted by Crippen LogP contribution is 2.17. The summed E-state index contributed by atoms with van der Waals surface area (Å²) in [6, 6.07) is 5.98. The van der Waals surface area contributed by atoms with Gasteiger partial charge in [0.25, 0.3) is 5.91 Å². The lowest BCUT2D eigenvalue weighted by atomic mass is 10.1. The fraction of sp³-hybridized carbons (Fsp3) is 0.471. The molecule has 1 aliphatic rings. The lowest BCUT2D eigenvalue weighted by Gasteiger charge is -2.13. The summed E-state index contributed by atoms with van der Waals surface area (Å²) >= 11 is 0. The van der Waals surface area contributed by atoms with Crippen molar-refractivity contribution < 1.29 is 24.2 Å². The number of rotatable bonds is 9. The summed E-state index contributed by atoms with van der Waals surface area (Å²) in [5.41, 5.74) is 0.812. The number of hydrogen-bond donors (Lipinski definition) is 3. The maximum atomic E-state index is 12.4. The number of ether oxygens (including phenoxy) is 1. The molecule has 0 spiro atoms. The number of amides is 4. The van der Waals surface area contributed by atoms with Gasteiger partial charge in [0, 0.05) is 19.6 Å². The molecule has 0 aromatic heterocycles. The second kappa shape index (κ2) is 9.03. The van der Waals surface area contributed by atoms with Crippen LogP contribution in [0, 0.1) is 0 Å². The van der Waals surface area contributed by atoms with Crippen molar-refractivity contribution in [2.45, 2.75) is 31.8 Å². The third-order valence-corrected chi connectivity index (χ3v) is 3.92. The van der Waals surface area contributed by atoms with Crippen LogP contribution in [0.15, 0.2) is 24.3 Å². The molecule has 8 nitrogen and oxygen atoms in total. The first-order valence-corrected chi connectivity index (χ1v) is 8.17. The van der Waals surface area contributed by atoms with Crippen LogP contribution in [0.2, 0.25) is 0 Å². The van der Waals surface area contributed by atoms with E-state index >= 15 is 0 Å². The Morgan fingerprint density at radius 3 is 2.68 bits per heavy atom. The van der Waals surface area contributed by atoms with Gasteiger partial charge in [0.1, 0.15) is 11.8 Å². The van der Waals surface area contributed by atoms with Crippen LogP contribution in [0.5, 0.6) is 5.75 Å². The summed E-state index contributed by atoms with van der Waals surface area (Å²) in [7, 11) is 1.57. The lowest BCUT2D eigenvalue weighted by Crippen LogP contribution is -2.32. The number of nitrogens with one attached hydrogen (secondary N) is 2. The molecule has 2 rings (SSSR count). The summed E-state index contributed by atoms with van der Waals surface area (Å²) in [5.74, 6) is 0.166. The summed E-state index contributed by atoms with van der Waals surface area (Å²) in [5, 5.41) is 13.9. The van der Waals surface area contributed by atoms with Gasteiger partial charge in [-0.2, -0.15) is 0 Å². The summed E-state index contributed by atoms with van der Waals surface area (Å²) < 4.78 is 5.08. The molecule has 0 saturated carbocycles. The molecule has 0 radical (unpaired) electrons. The summed E-state index contributed by atoms with van der Waals surface area (Å²) in [4.78, 5) is 37.2. The van der Waals surface area contributed by atoms with Gasteiger partial charge in [-0.3, -0.25) is 14.5 Å². The Bertz CT molecular complexity index is 617. The van der Waals surface area contributed by atoms with Crippen LogP contribution in [0.25, 0.3) is 0 Å². The van der Waals surface area contributed by atoms with Crippen molar-refractivity contribution in [2.75, 3.05) is 20.3 Å². The zero-order valence-electron chi connectivity index (χ0n) is 14.2. The highest BCUT2D eigenvalue weighted by atomic mass is 16.5. The summed E-state index contributed by atoms with van der Waals surface area (Å²) in [6.45, 7) is 0.579. The Hall–Kier alpha value is -2.61. The normalized spacial score (nSPS) is 16.7. The average molecular weight is 349 g/mol. The van der Waals surface area contributed by atoms with Crippen molar-refractivity contribution in [2.24, 2.45) is 0 Å². The Morgan fingerprint density at radius 1 is 1.32 bits per heavy atom. The van der Waals surface area contributed by atoms with Gasteiger partial charge in [0.2, 0.25) is 5.91 Å². The van der Waals surface area contributed by atoms with Crippen molar-refractivity contribution >= 4 is 17.8 Å². The largest absolute Gasteiger partial charge is 0.497 e. The molecule has 4 amide bonds. The maximum Gasteiger partial charge on any atom is 0.325 e. The minimum Gasteiger partial charge on any atom is -0.497 e. The van der Waals surface area contributed by atoms with E-state index in [2.05, 4.69) is 10.6 Å². The lowest BCUT2D eigenvalue weighted by molar-refractivity contribution is -0.128. The molecule has 1 heterocycles. The number of nitrogens with zero attached hydrogens (tertiary/aromatic N) is 1. The van der Waals surface area contributed by atoms with Gasteiger partial charge in [0.15, 0.2) is 0 Å². The quantitative estimate of drug-likeness (QED) is 0.442. The number of hydrogen-bond acceptors (Lipinski definition) is 5. The summed E-state index contributed by atoms with van der Waals surface area (Å²) in [6.07, 6.45) is 0.869. The highest BCUT2D eigenvalue weighted by Gasteiger charge is 2.37. The number of urea groups is 1. The Kier molecular flexibility index (Phi) is 6.76. The fourth-order valence-electron chi connectivity index (χ4n) is 2.51. The van der Waals surface area contributed by atoms with E-state index in [-0.39, 0.29) is 37.8 Å². The molecule has 1 fully saturated rings. The van der Waals surface area contributed by atoms with Gasteiger partial charge in [0.05, 0.1) is 13.7 Å². The van der Waals surface area contributed by atoms with Crippen LogP contribution in [-0.2, 0) is 16.1 Å². The van der Waals surface area contributed by atoms with Gasteiger partial charge in [-0.15, -0.1) is 0 Å². The number of aliphatic hydroxyl groups excluding tert-OH is 1. The molecule has 1 aromatic carbocycles. The monoisotopic (exact) mass is 349 g/mol. The fourth-order valence-corrected chi connectivity index (χ4v) is 2.51. The van der Waals surface area contributed by atoms with E-state index in [4.69, 9.17) is 9.84 Å². The zero-order valence-corrected chi connectivity index (χ0v) is 14.2. The van der Waals surface area contributed by atoms with Crippen molar-refractivity contribution in [1.82, 2.24) is 15.5 Å². The van der Waals surface area contributed by atoms with E-state index in [1.807, 2.05) is 0 Å². The molecule has 1 atom stereocenters. The first kappa shape index (κ1) is 18.7. The Balaban J connectivity index is 1.85. The van der Waals surface area contributed by atoms with Gasteiger partial charge in [-0.25, -0.2) is 4.79 Å². The predicted molar refractivity (Wildman–Crippen MR) is 89.8 cm³/mol. The molecule has 1 aliphatic heterocycles. The van der Waals surface area contributed by atoms with E-state index in [0.29, 0.717) is 18.7 Å². The molecule has 1 aromatic rings. The predicted octanol–water partition coefficient (Wildman–Crippen LogP) is 0.394. The van der Waals surface area contributed by atoms with Crippen LogP contribution in [-0.4, -0.2) is 54.2 Å². The van der Waals surface area contributed by atoms with Gasteiger partial charge in [-0.05, 0) is 30.5 Å². The standard InChI is InChI=1S/C17H23N3O5/c1-25-13-5-3-12(4-6-13)11-20-16(23)14(19-17(20)24)7-8-15(22)18-9-2-10-21/h3-6,14,21H,2,7-11H2,1H3,(H,18,22)(H,19,24)/t14-/m0/s1. The Labute approximate surface area is 146 Å². The molecular formula is C17H23N3O5. The molecule has 136 valence electrons. The number of benzene rings is 1. The van der Waals surface area contributed by atoms with Gasteiger partial charge < -0.3 is 20.5 Å². The molecule has 0 unspecified atom stereocenters. The van der Waals surface area contributed by atoms with E-state index in [1.165, 1.54) is 0 Å². The Morgan fingerprint density at radius 2 is 2.04 bits per heavy atom. The highest BCUT2D eigenvalue weighted by molar-refractivity contribution is 6.04.